The topological polar surface area (TPSA) is 98.4 Å². The van der Waals surface area contributed by atoms with Crippen molar-refractivity contribution in [2.45, 2.75) is 69.7 Å². The average Bonchev–Trinajstić information content (AvgIpc) is 2.85. The van der Waals surface area contributed by atoms with Gasteiger partial charge in [0.05, 0.1) is 11.4 Å². The van der Waals surface area contributed by atoms with E-state index >= 15 is 0 Å². The number of hydrogen-bond donors (Lipinski definition) is 2. The monoisotopic (exact) mass is 397 g/mol. The van der Waals surface area contributed by atoms with Crippen LogP contribution in [-0.2, 0) is 10.0 Å². The Bertz CT molecular complexity index is 734. The Balaban J connectivity index is 1.62. The summed E-state index contributed by atoms with van der Waals surface area (Å²) in [5.41, 5.74) is 1.04. The molecule has 2 heterocycles. The van der Waals surface area contributed by atoms with Gasteiger partial charge in [-0.15, -0.1) is 0 Å². The fourth-order valence-corrected chi connectivity index (χ4v) is 5.88. The van der Waals surface area contributed by atoms with Gasteiger partial charge in [-0.1, -0.05) is 25.7 Å². The molecule has 8 nitrogen and oxygen atoms in total. The summed E-state index contributed by atoms with van der Waals surface area (Å²) in [6.45, 7) is 5.13. The smallest absolute Gasteiger partial charge is 0.317 e. The maximum Gasteiger partial charge on any atom is 0.317 e. The van der Waals surface area contributed by atoms with Crippen LogP contribution in [0.5, 0.6) is 0 Å². The van der Waals surface area contributed by atoms with Crippen LogP contribution in [0.15, 0.2) is 4.90 Å². The summed E-state index contributed by atoms with van der Waals surface area (Å²) in [7, 11) is -3.60. The molecule has 2 amide bonds. The quantitative estimate of drug-likeness (QED) is 0.764. The Labute approximate surface area is 161 Å². The maximum absolute atomic E-state index is 13.0. The van der Waals surface area contributed by atoms with Gasteiger partial charge < -0.3 is 10.2 Å². The van der Waals surface area contributed by atoms with Crippen LogP contribution in [0.25, 0.3) is 0 Å². The first kappa shape index (κ1) is 20.1. The lowest BCUT2D eigenvalue weighted by Crippen LogP contribution is -2.46. The van der Waals surface area contributed by atoms with Gasteiger partial charge in [0.15, 0.2) is 0 Å². The lowest BCUT2D eigenvalue weighted by Gasteiger charge is -2.25. The predicted molar refractivity (Wildman–Crippen MR) is 103 cm³/mol. The first-order valence-corrected chi connectivity index (χ1v) is 11.4. The minimum atomic E-state index is -3.60. The molecule has 3 rings (SSSR count). The van der Waals surface area contributed by atoms with Gasteiger partial charge >= 0.3 is 6.03 Å². The molecule has 1 saturated carbocycles. The molecule has 0 bridgehead atoms. The number of aryl methyl sites for hydroxylation is 2. The number of carbonyl (C=O) groups excluding carboxylic acids is 1. The molecule has 1 aliphatic heterocycles. The summed E-state index contributed by atoms with van der Waals surface area (Å²) >= 11 is 0. The molecule has 1 aliphatic carbocycles. The van der Waals surface area contributed by atoms with Crippen molar-refractivity contribution < 1.29 is 13.2 Å². The molecular weight excluding hydrogens is 366 g/mol. The van der Waals surface area contributed by atoms with Gasteiger partial charge in [-0.25, -0.2) is 13.2 Å². The van der Waals surface area contributed by atoms with E-state index in [2.05, 4.69) is 15.5 Å². The van der Waals surface area contributed by atoms with Gasteiger partial charge in [0.2, 0.25) is 10.0 Å². The molecule has 0 radical (unpaired) electrons. The fraction of sp³-hybridized carbons (Fsp3) is 0.778. The van der Waals surface area contributed by atoms with Gasteiger partial charge in [-0.05, 0) is 33.1 Å². The molecule has 0 atom stereocenters. The highest BCUT2D eigenvalue weighted by molar-refractivity contribution is 7.89. The van der Waals surface area contributed by atoms with E-state index in [1.165, 1.54) is 30.0 Å². The van der Waals surface area contributed by atoms with E-state index in [9.17, 15) is 13.2 Å². The van der Waals surface area contributed by atoms with Crippen molar-refractivity contribution in [2.75, 3.05) is 26.2 Å². The average molecular weight is 398 g/mol. The van der Waals surface area contributed by atoms with Gasteiger partial charge in [0.25, 0.3) is 0 Å². The van der Waals surface area contributed by atoms with Crippen molar-refractivity contribution in [3.8, 4) is 0 Å². The summed E-state index contributed by atoms with van der Waals surface area (Å²) in [6, 6.07) is 0.191. The normalized spacial score (nSPS) is 20.9. The molecule has 0 unspecified atom stereocenters. The molecule has 152 valence electrons. The summed E-state index contributed by atoms with van der Waals surface area (Å²) < 4.78 is 27.5. The standard InChI is InChI=1S/C18H31N5O3S/c1-14-17(15(2)21-20-14)27(25,26)23-11-7-10-22(12-13-23)18(24)19-16-8-5-3-4-6-9-16/h16H,3-13H2,1-2H3,(H,19,24)(H,20,21). The summed E-state index contributed by atoms with van der Waals surface area (Å²) in [5.74, 6) is 0. The maximum atomic E-state index is 13.0. The van der Waals surface area contributed by atoms with Crippen LogP contribution in [0.1, 0.15) is 56.3 Å². The Morgan fingerprint density at radius 3 is 2.37 bits per heavy atom. The zero-order chi connectivity index (χ0) is 19.4. The van der Waals surface area contributed by atoms with Crippen molar-refractivity contribution in [1.82, 2.24) is 24.7 Å². The van der Waals surface area contributed by atoms with Crippen LogP contribution in [0.3, 0.4) is 0 Å². The molecule has 9 heteroatoms. The number of aromatic amines is 1. The number of sulfonamides is 1. The highest BCUT2D eigenvalue weighted by Crippen LogP contribution is 2.23. The van der Waals surface area contributed by atoms with Crippen molar-refractivity contribution >= 4 is 16.1 Å². The van der Waals surface area contributed by atoms with Crippen LogP contribution in [0, 0.1) is 13.8 Å². The van der Waals surface area contributed by atoms with E-state index < -0.39 is 10.0 Å². The second kappa shape index (κ2) is 8.60. The fourth-order valence-electron chi connectivity index (χ4n) is 4.08. The van der Waals surface area contributed by atoms with Crippen LogP contribution < -0.4 is 5.32 Å². The zero-order valence-corrected chi connectivity index (χ0v) is 17.1. The number of aromatic nitrogens is 2. The summed E-state index contributed by atoms with van der Waals surface area (Å²) in [6.07, 6.45) is 7.54. The highest BCUT2D eigenvalue weighted by Gasteiger charge is 2.32. The Hall–Kier alpha value is -1.61. The first-order valence-electron chi connectivity index (χ1n) is 9.97. The third kappa shape index (κ3) is 4.63. The largest absolute Gasteiger partial charge is 0.335 e. The lowest BCUT2D eigenvalue weighted by atomic mass is 10.1. The number of carbonyl (C=O) groups is 1. The molecule has 1 aromatic heterocycles. The molecule has 2 fully saturated rings. The second-order valence-electron chi connectivity index (χ2n) is 7.65. The minimum absolute atomic E-state index is 0.0585. The highest BCUT2D eigenvalue weighted by atomic mass is 32.2. The van der Waals surface area contributed by atoms with E-state index in [4.69, 9.17) is 0 Å². The number of hydrogen-bond acceptors (Lipinski definition) is 4. The number of amides is 2. The molecule has 2 N–H and O–H groups in total. The molecule has 27 heavy (non-hydrogen) atoms. The summed E-state index contributed by atoms with van der Waals surface area (Å²) in [4.78, 5) is 14.7. The zero-order valence-electron chi connectivity index (χ0n) is 16.3. The van der Waals surface area contributed by atoms with E-state index in [0.717, 1.165) is 12.8 Å². The van der Waals surface area contributed by atoms with Crippen LogP contribution in [0.4, 0.5) is 4.79 Å². The molecular formula is C18H31N5O3S. The Morgan fingerprint density at radius 2 is 1.74 bits per heavy atom. The third-order valence-corrected chi connectivity index (χ3v) is 7.75. The van der Waals surface area contributed by atoms with Crippen LogP contribution >= 0.6 is 0 Å². The van der Waals surface area contributed by atoms with Crippen molar-refractivity contribution in [1.29, 1.82) is 0 Å². The predicted octanol–water partition coefficient (Wildman–Crippen LogP) is 2.16. The molecule has 1 aromatic rings. The lowest BCUT2D eigenvalue weighted by molar-refractivity contribution is 0.195. The van der Waals surface area contributed by atoms with Crippen molar-refractivity contribution in [3.63, 3.8) is 0 Å². The molecule has 2 aliphatic rings. The Kier molecular flexibility index (Phi) is 6.41. The van der Waals surface area contributed by atoms with Gasteiger partial charge in [0, 0.05) is 32.2 Å². The second-order valence-corrected chi connectivity index (χ2v) is 9.52. The SMILES string of the molecule is Cc1n[nH]c(C)c1S(=O)(=O)N1CCCN(C(=O)NC2CCCCCC2)CC1. The van der Waals surface area contributed by atoms with E-state index in [1.807, 2.05) is 0 Å². The van der Waals surface area contributed by atoms with Crippen LogP contribution in [0.2, 0.25) is 0 Å². The molecule has 1 saturated heterocycles. The number of nitrogens with zero attached hydrogens (tertiary/aromatic N) is 3. The van der Waals surface area contributed by atoms with Crippen molar-refractivity contribution in [2.24, 2.45) is 0 Å². The first-order chi connectivity index (χ1) is 12.9. The third-order valence-electron chi connectivity index (χ3n) is 5.58. The van der Waals surface area contributed by atoms with Gasteiger partial charge in [0.1, 0.15) is 4.90 Å². The number of rotatable bonds is 3. The van der Waals surface area contributed by atoms with Crippen LogP contribution in [-0.4, -0.2) is 66.1 Å². The van der Waals surface area contributed by atoms with E-state index in [-0.39, 0.29) is 17.0 Å². The van der Waals surface area contributed by atoms with E-state index in [0.29, 0.717) is 44.0 Å². The van der Waals surface area contributed by atoms with Crippen molar-refractivity contribution in [3.05, 3.63) is 11.4 Å². The molecule has 0 aromatic carbocycles. The number of urea groups is 1. The number of nitrogens with one attached hydrogen (secondary N) is 2. The minimum Gasteiger partial charge on any atom is -0.335 e. The number of H-pyrrole nitrogens is 1. The summed E-state index contributed by atoms with van der Waals surface area (Å²) in [5, 5.41) is 9.92. The molecule has 0 spiro atoms. The van der Waals surface area contributed by atoms with E-state index in [1.54, 1.807) is 18.7 Å². The van der Waals surface area contributed by atoms with Gasteiger partial charge in [-0.2, -0.15) is 9.40 Å². The van der Waals surface area contributed by atoms with Gasteiger partial charge in [-0.3, -0.25) is 5.10 Å². The Morgan fingerprint density at radius 1 is 1.04 bits per heavy atom.